The summed E-state index contributed by atoms with van der Waals surface area (Å²) in [4.78, 5) is 10.4. The summed E-state index contributed by atoms with van der Waals surface area (Å²) in [6.45, 7) is 0. The van der Waals surface area contributed by atoms with E-state index in [0.717, 1.165) is 0 Å². The maximum atomic E-state index is 10.4. The Balaban J connectivity index is 0. The third-order valence-electron chi connectivity index (χ3n) is 1.55. The van der Waals surface area contributed by atoms with Crippen molar-refractivity contribution in [1.82, 2.24) is 0 Å². The van der Waals surface area contributed by atoms with Crippen LogP contribution < -0.4 is 16.8 Å². The molecule has 5 N–H and O–H groups in total. The third-order valence-corrected chi connectivity index (χ3v) is 1.55. The molecule has 2 amide bonds. The Morgan fingerprint density at radius 1 is 1.05 bits per heavy atom. The van der Waals surface area contributed by atoms with E-state index in [2.05, 4.69) is 25.8 Å². The summed E-state index contributed by atoms with van der Waals surface area (Å²) in [5.41, 5.74) is 11.5. The van der Waals surface area contributed by atoms with Gasteiger partial charge < -0.3 is 16.8 Å². The predicted molar refractivity (Wildman–Crippen MR) is 77.5 cm³/mol. The fourth-order valence-electron chi connectivity index (χ4n) is 0.759. The molecule has 8 heteroatoms. The lowest BCUT2D eigenvalue weighted by molar-refractivity contribution is 0.259. The highest BCUT2D eigenvalue weighted by Crippen LogP contribution is 2.10. The Morgan fingerprint density at radius 2 is 1.53 bits per heavy atom. The normalized spacial score (nSPS) is 9.26. The number of carbonyl (C=O) groups is 1. The van der Waals surface area contributed by atoms with E-state index in [1.807, 2.05) is 0 Å². The van der Waals surface area contributed by atoms with Crippen LogP contribution in [0.15, 0.2) is 44.7 Å². The van der Waals surface area contributed by atoms with Gasteiger partial charge in [-0.05, 0) is 18.2 Å². The van der Waals surface area contributed by atoms with Gasteiger partial charge in [-0.3, -0.25) is 0 Å². The molecular formula is C11H21N7O. The molecule has 0 aromatic heterocycles. The van der Waals surface area contributed by atoms with Crippen LogP contribution in [0.1, 0.15) is 0 Å². The van der Waals surface area contributed by atoms with Gasteiger partial charge in [0.05, 0.1) is 0 Å². The van der Waals surface area contributed by atoms with E-state index in [-0.39, 0.29) is 0 Å². The van der Waals surface area contributed by atoms with E-state index < -0.39 is 6.03 Å². The Labute approximate surface area is 113 Å². The van der Waals surface area contributed by atoms with Gasteiger partial charge in [-0.2, -0.15) is 20.5 Å². The van der Waals surface area contributed by atoms with Gasteiger partial charge >= 0.3 is 6.03 Å². The maximum absolute atomic E-state index is 10.4. The quantitative estimate of drug-likeness (QED) is 0.531. The zero-order chi connectivity index (χ0) is 15.1. The lowest BCUT2D eigenvalue weighted by Crippen LogP contribution is -2.19. The van der Waals surface area contributed by atoms with Crippen molar-refractivity contribution in [1.29, 1.82) is 0 Å². The molecule has 0 atom stereocenters. The number of nitrogen functional groups attached to an aromatic ring is 1. The van der Waals surface area contributed by atoms with Crippen molar-refractivity contribution in [3.8, 4) is 0 Å². The van der Waals surface area contributed by atoms with Crippen LogP contribution in [0.25, 0.3) is 0 Å². The van der Waals surface area contributed by atoms with Gasteiger partial charge in [0.2, 0.25) is 0 Å². The molecule has 0 aliphatic carbocycles. The van der Waals surface area contributed by atoms with Crippen molar-refractivity contribution in [2.45, 2.75) is 0 Å². The molecule has 0 spiro atoms. The SMILES string of the molecule is CN=NC.CN=NC.NC(=O)Nc1cccc(N)c1. The van der Waals surface area contributed by atoms with Crippen LogP contribution in [0, 0.1) is 0 Å². The van der Waals surface area contributed by atoms with E-state index in [1.54, 1.807) is 52.5 Å². The number of amides is 2. The molecule has 0 bridgehead atoms. The van der Waals surface area contributed by atoms with Crippen LogP contribution in [0.3, 0.4) is 0 Å². The average molecular weight is 267 g/mol. The van der Waals surface area contributed by atoms with Crippen molar-refractivity contribution >= 4 is 17.4 Å². The second-order valence-electron chi connectivity index (χ2n) is 2.91. The molecular weight excluding hydrogens is 246 g/mol. The highest BCUT2D eigenvalue weighted by Gasteiger charge is 1.94. The van der Waals surface area contributed by atoms with Gasteiger partial charge in [0.25, 0.3) is 0 Å². The van der Waals surface area contributed by atoms with Crippen LogP contribution in [0.4, 0.5) is 16.2 Å². The van der Waals surface area contributed by atoms with Gasteiger partial charge in [-0.25, -0.2) is 4.79 Å². The van der Waals surface area contributed by atoms with Gasteiger partial charge in [-0.1, -0.05) is 6.07 Å². The Kier molecular flexibility index (Phi) is 13.4. The zero-order valence-electron chi connectivity index (χ0n) is 11.7. The smallest absolute Gasteiger partial charge is 0.316 e. The summed E-state index contributed by atoms with van der Waals surface area (Å²) >= 11 is 0. The molecule has 0 saturated carbocycles. The number of benzene rings is 1. The fraction of sp³-hybridized carbons (Fsp3) is 0.364. The van der Waals surface area contributed by atoms with Crippen molar-refractivity contribution < 1.29 is 4.79 Å². The first-order valence-corrected chi connectivity index (χ1v) is 5.29. The van der Waals surface area contributed by atoms with E-state index in [9.17, 15) is 4.79 Å². The van der Waals surface area contributed by atoms with Crippen molar-refractivity contribution in [3.05, 3.63) is 24.3 Å². The minimum Gasteiger partial charge on any atom is -0.399 e. The van der Waals surface area contributed by atoms with Gasteiger partial charge in [0, 0.05) is 39.6 Å². The molecule has 0 aliphatic rings. The van der Waals surface area contributed by atoms with Crippen molar-refractivity contribution in [2.75, 3.05) is 39.2 Å². The summed E-state index contributed by atoms with van der Waals surface area (Å²) in [5, 5.41) is 15.8. The fourth-order valence-corrected chi connectivity index (χ4v) is 0.759. The third kappa shape index (κ3) is 15.5. The number of nitrogens with two attached hydrogens (primary N) is 2. The molecule has 1 aromatic carbocycles. The highest BCUT2D eigenvalue weighted by molar-refractivity contribution is 5.88. The first-order chi connectivity index (χ1) is 9.01. The first-order valence-electron chi connectivity index (χ1n) is 5.29. The number of hydrogen-bond donors (Lipinski definition) is 3. The Morgan fingerprint density at radius 3 is 1.84 bits per heavy atom. The molecule has 1 aromatic rings. The number of hydrogen-bond acceptors (Lipinski definition) is 6. The summed E-state index contributed by atoms with van der Waals surface area (Å²) in [6.07, 6.45) is 0. The largest absolute Gasteiger partial charge is 0.399 e. The minimum absolute atomic E-state index is 0.587. The van der Waals surface area contributed by atoms with E-state index in [1.165, 1.54) is 0 Å². The minimum atomic E-state index is -0.587. The lowest BCUT2D eigenvalue weighted by atomic mass is 10.3. The number of anilines is 2. The second-order valence-corrected chi connectivity index (χ2v) is 2.91. The molecule has 1 rings (SSSR count). The van der Waals surface area contributed by atoms with Crippen LogP contribution in [0.5, 0.6) is 0 Å². The summed E-state index contributed by atoms with van der Waals surface area (Å²) in [7, 11) is 6.56. The predicted octanol–water partition coefficient (Wildman–Crippen LogP) is 2.16. The maximum Gasteiger partial charge on any atom is 0.316 e. The van der Waals surface area contributed by atoms with Gasteiger partial charge in [0.1, 0.15) is 0 Å². The molecule has 0 saturated heterocycles. The molecule has 8 nitrogen and oxygen atoms in total. The van der Waals surface area contributed by atoms with Gasteiger partial charge in [-0.15, -0.1) is 0 Å². The second kappa shape index (κ2) is 13.6. The first kappa shape index (κ1) is 18.8. The number of primary amides is 1. The molecule has 0 aliphatic heterocycles. The number of nitrogens with one attached hydrogen (secondary N) is 1. The molecule has 0 fully saturated rings. The molecule has 0 unspecified atom stereocenters. The topological polar surface area (TPSA) is 131 Å². The molecule has 19 heavy (non-hydrogen) atoms. The van der Waals surface area contributed by atoms with Crippen molar-refractivity contribution in [2.24, 2.45) is 26.2 Å². The molecule has 0 radical (unpaired) electrons. The lowest BCUT2D eigenvalue weighted by Gasteiger charge is -2.00. The standard InChI is InChI=1S/C7H9N3O.2C2H6N2/c8-5-2-1-3-6(4-5)10-7(9)11;2*1-3-4-2/h1-4H,8H2,(H3,9,10,11);2*1-2H3. The zero-order valence-corrected chi connectivity index (χ0v) is 11.7. The van der Waals surface area contributed by atoms with Crippen molar-refractivity contribution in [3.63, 3.8) is 0 Å². The van der Waals surface area contributed by atoms with E-state index >= 15 is 0 Å². The van der Waals surface area contributed by atoms with Crippen LogP contribution >= 0.6 is 0 Å². The summed E-state index contributed by atoms with van der Waals surface area (Å²) in [6, 6.07) is 6.22. The monoisotopic (exact) mass is 267 g/mol. The van der Waals surface area contributed by atoms with E-state index in [4.69, 9.17) is 11.5 Å². The summed E-state index contributed by atoms with van der Waals surface area (Å²) < 4.78 is 0. The molecule has 0 heterocycles. The Hall–Kier alpha value is -2.51. The number of urea groups is 1. The Bertz CT molecular complexity index is 386. The number of nitrogens with zero attached hydrogens (tertiary/aromatic N) is 4. The van der Waals surface area contributed by atoms with Crippen LogP contribution in [-0.2, 0) is 0 Å². The van der Waals surface area contributed by atoms with Gasteiger partial charge in [0.15, 0.2) is 0 Å². The highest BCUT2D eigenvalue weighted by atomic mass is 16.2. The van der Waals surface area contributed by atoms with Crippen LogP contribution in [0.2, 0.25) is 0 Å². The van der Waals surface area contributed by atoms with Crippen LogP contribution in [-0.4, -0.2) is 34.2 Å². The molecule has 106 valence electrons. The number of azo groups is 2. The summed E-state index contributed by atoms with van der Waals surface area (Å²) in [5.74, 6) is 0. The number of carbonyl (C=O) groups excluding carboxylic acids is 1. The van der Waals surface area contributed by atoms with E-state index in [0.29, 0.717) is 11.4 Å². The average Bonchev–Trinajstić information content (AvgIpc) is 2.38. The number of rotatable bonds is 1.